The minimum atomic E-state index is -0.771. The molecule has 1 atom stereocenters. The molecule has 0 saturated carbocycles. The van der Waals surface area contributed by atoms with E-state index in [1.807, 2.05) is 0 Å². The first-order valence-corrected chi connectivity index (χ1v) is 28.3. The molecule has 0 radical (unpaired) electrons. The van der Waals surface area contributed by atoms with E-state index in [9.17, 15) is 14.4 Å². The molecule has 0 aliphatic heterocycles. The van der Waals surface area contributed by atoms with Crippen molar-refractivity contribution in [2.24, 2.45) is 0 Å². The van der Waals surface area contributed by atoms with E-state index < -0.39 is 6.10 Å². The molecular formula is C58H108O6. The predicted molar refractivity (Wildman–Crippen MR) is 275 cm³/mol. The lowest BCUT2D eigenvalue weighted by Crippen LogP contribution is -2.30. The zero-order valence-corrected chi connectivity index (χ0v) is 43.1. The van der Waals surface area contributed by atoms with Crippen LogP contribution in [0.1, 0.15) is 310 Å². The number of unbranched alkanes of at least 4 members (excludes halogenated alkanes) is 37. The first-order chi connectivity index (χ1) is 31.5. The second kappa shape index (κ2) is 53.5. The summed E-state index contributed by atoms with van der Waals surface area (Å²) in [6.07, 6.45) is 61.6. The standard InChI is InChI=1S/C58H108O6/c1-4-7-10-13-16-19-22-25-27-28-29-30-32-34-37-40-43-46-49-52-58(61)64-55(53-62-56(59)50-47-44-41-38-35-24-21-18-15-12-9-6-3)54-63-57(60)51-48-45-42-39-36-33-31-26-23-20-17-14-11-8-5-2/h17,20,26,31,55H,4-16,18-19,21-25,27-30,32-54H2,1-3H3/b20-17-,31-26-/t55-/m0/s1. The Bertz CT molecular complexity index is 1040. The molecule has 0 N–H and O–H groups in total. The summed E-state index contributed by atoms with van der Waals surface area (Å²) in [7, 11) is 0. The number of rotatable bonds is 52. The van der Waals surface area contributed by atoms with E-state index in [0.29, 0.717) is 19.3 Å². The molecule has 0 amide bonds. The van der Waals surface area contributed by atoms with Gasteiger partial charge in [0.15, 0.2) is 6.10 Å². The molecule has 6 heteroatoms. The fraction of sp³-hybridized carbons (Fsp3) is 0.879. The van der Waals surface area contributed by atoms with Crippen molar-refractivity contribution in [3.05, 3.63) is 24.3 Å². The van der Waals surface area contributed by atoms with E-state index in [0.717, 1.165) is 77.0 Å². The second-order valence-corrected chi connectivity index (χ2v) is 19.2. The zero-order valence-electron chi connectivity index (χ0n) is 43.1. The molecule has 0 aliphatic carbocycles. The summed E-state index contributed by atoms with van der Waals surface area (Å²) in [6, 6.07) is 0. The fourth-order valence-corrected chi connectivity index (χ4v) is 8.42. The van der Waals surface area contributed by atoms with Gasteiger partial charge in [-0.2, -0.15) is 0 Å². The summed E-state index contributed by atoms with van der Waals surface area (Å²) in [5, 5.41) is 0. The third kappa shape index (κ3) is 50.9. The van der Waals surface area contributed by atoms with Gasteiger partial charge >= 0.3 is 17.9 Å². The first-order valence-electron chi connectivity index (χ1n) is 28.3. The highest BCUT2D eigenvalue weighted by atomic mass is 16.6. The Morgan fingerprint density at radius 1 is 0.312 bits per heavy atom. The van der Waals surface area contributed by atoms with Crippen LogP contribution in [0.5, 0.6) is 0 Å². The Morgan fingerprint density at radius 3 is 0.891 bits per heavy atom. The van der Waals surface area contributed by atoms with Gasteiger partial charge in [0, 0.05) is 19.3 Å². The highest BCUT2D eigenvalue weighted by molar-refractivity contribution is 5.71. The summed E-state index contributed by atoms with van der Waals surface area (Å²) in [6.45, 7) is 6.64. The van der Waals surface area contributed by atoms with E-state index in [2.05, 4.69) is 45.1 Å². The maximum absolute atomic E-state index is 12.8. The van der Waals surface area contributed by atoms with E-state index in [1.54, 1.807) is 0 Å². The third-order valence-electron chi connectivity index (χ3n) is 12.7. The molecule has 0 aromatic heterocycles. The molecule has 0 heterocycles. The number of esters is 3. The maximum Gasteiger partial charge on any atom is 0.306 e. The van der Waals surface area contributed by atoms with Crippen LogP contribution in [0, 0.1) is 0 Å². The van der Waals surface area contributed by atoms with E-state index in [-0.39, 0.29) is 31.1 Å². The van der Waals surface area contributed by atoms with Crippen LogP contribution >= 0.6 is 0 Å². The molecule has 0 aromatic rings. The topological polar surface area (TPSA) is 78.9 Å². The van der Waals surface area contributed by atoms with Crippen LogP contribution in [0.25, 0.3) is 0 Å². The SMILES string of the molecule is CCCCC/C=C\C/C=C\CCCCCCCC(=O)OC[C@H](COC(=O)CCCCCCCCCCCCCC)OC(=O)CCCCCCCCCCCCCCCCCCCCC. The maximum atomic E-state index is 12.8. The smallest absolute Gasteiger partial charge is 0.306 e. The molecule has 376 valence electrons. The van der Waals surface area contributed by atoms with E-state index in [4.69, 9.17) is 14.2 Å². The van der Waals surface area contributed by atoms with Crippen LogP contribution in [-0.4, -0.2) is 37.2 Å². The van der Waals surface area contributed by atoms with Crippen LogP contribution in [0.2, 0.25) is 0 Å². The quantitative estimate of drug-likeness (QED) is 0.0262. The number of ether oxygens (including phenoxy) is 3. The molecule has 64 heavy (non-hydrogen) atoms. The summed E-state index contributed by atoms with van der Waals surface area (Å²) in [5.74, 6) is -0.865. The molecule has 0 saturated heterocycles. The largest absolute Gasteiger partial charge is 0.462 e. The monoisotopic (exact) mass is 901 g/mol. The van der Waals surface area contributed by atoms with Crippen LogP contribution in [0.15, 0.2) is 24.3 Å². The molecule has 0 fully saturated rings. The summed E-state index contributed by atoms with van der Waals surface area (Å²) < 4.78 is 16.8. The number of hydrogen-bond donors (Lipinski definition) is 0. The fourth-order valence-electron chi connectivity index (χ4n) is 8.42. The van der Waals surface area contributed by atoms with Crippen molar-refractivity contribution >= 4 is 17.9 Å². The Morgan fingerprint density at radius 2 is 0.562 bits per heavy atom. The van der Waals surface area contributed by atoms with Gasteiger partial charge in [0.1, 0.15) is 13.2 Å². The van der Waals surface area contributed by atoms with Crippen molar-refractivity contribution in [1.82, 2.24) is 0 Å². The van der Waals surface area contributed by atoms with Gasteiger partial charge in [0.25, 0.3) is 0 Å². The summed E-state index contributed by atoms with van der Waals surface area (Å²) in [4.78, 5) is 38.1. The lowest BCUT2D eigenvalue weighted by atomic mass is 10.0. The van der Waals surface area contributed by atoms with Crippen LogP contribution < -0.4 is 0 Å². The van der Waals surface area contributed by atoms with Crippen LogP contribution in [0.4, 0.5) is 0 Å². The van der Waals surface area contributed by atoms with Gasteiger partial charge in [-0.3, -0.25) is 14.4 Å². The van der Waals surface area contributed by atoms with E-state index >= 15 is 0 Å². The summed E-state index contributed by atoms with van der Waals surface area (Å²) >= 11 is 0. The highest BCUT2D eigenvalue weighted by Gasteiger charge is 2.19. The molecule has 0 bridgehead atoms. The average Bonchev–Trinajstić information content (AvgIpc) is 3.29. The van der Waals surface area contributed by atoms with Crippen LogP contribution in [-0.2, 0) is 28.6 Å². The normalized spacial score (nSPS) is 12.1. The first kappa shape index (κ1) is 61.9. The molecule has 0 aliphatic rings. The van der Waals surface area contributed by atoms with Gasteiger partial charge in [-0.05, 0) is 51.4 Å². The number of carbonyl (C=O) groups excluding carboxylic acids is 3. The minimum absolute atomic E-state index is 0.0704. The highest BCUT2D eigenvalue weighted by Crippen LogP contribution is 2.17. The summed E-state index contributed by atoms with van der Waals surface area (Å²) in [5.41, 5.74) is 0. The number of carbonyl (C=O) groups is 3. The zero-order chi connectivity index (χ0) is 46.5. The van der Waals surface area contributed by atoms with Gasteiger partial charge in [-0.15, -0.1) is 0 Å². The van der Waals surface area contributed by atoms with Gasteiger partial charge in [-0.25, -0.2) is 0 Å². The van der Waals surface area contributed by atoms with Crippen molar-refractivity contribution in [3.8, 4) is 0 Å². The second-order valence-electron chi connectivity index (χ2n) is 19.2. The van der Waals surface area contributed by atoms with Crippen molar-refractivity contribution in [2.75, 3.05) is 13.2 Å². The van der Waals surface area contributed by atoms with Crippen LogP contribution in [0.3, 0.4) is 0 Å². The van der Waals surface area contributed by atoms with Gasteiger partial charge in [0.05, 0.1) is 0 Å². The minimum Gasteiger partial charge on any atom is -0.462 e. The Kier molecular flexibility index (Phi) is 51.7. The number of allylic oxidation sites excluding steroid dienone is 4. The molecule has 0 unspecified atom stereocenters. The van der Waals surface area contributed by atoms with Crippen molar-refractivity contribution in [2.45, 2.75) is 316 Å². The van der Waals surface area contributed by atoms with Gasteiger partial charge in [0.2, 0.25) is 0 Å². The van der Waals surface area contributed by atoms with E-state index in [1.165, 1.54) is 193 Å². The predicted octanol–water partition coefficient (Wildman–Crippen LogP) is 18.7. The number of hydrogen-bond acceptors (Lipinski definition) is 6. The van der Waals surface area contributed by atoms with Gasteiger partial charge < -0.3 is 14.2 Å². The van der Waals surface area contributed by atoms with Crippen molar-refractivity contribution < 1.29 is 28.6 Å². The lowest BCUT2D eigenvalue weighted by molar-refractivity contribution is -0.167. The molecular weight excluding hydrogens is 793 g/mol. The van der Waals surface area contributed by atoms with Crippen molar-refractivity contribution in [1.29, 1.82) is 0 Å². The average molecular weight is 901 g/mol. The molecule has 0 aromatic carbocycles. The third-order valence-corrected chi connectivity index (χ3v) is 12.7. The lowest BCUT2D eigenvalue weighted by Gasteiger charge is -2.18. The van der Waals surface area contributed by atoms with Crippen molar-refractivity contribution in [3.63, 3.8) is 0 Å². The molecule has 0 rings (SSSR count). The molecule has 6 nitrogen and oxygen atoms in total. The Hall–Kier alpha value is -2.11. The Labute approximate surface area is 398 Å². The molecule has 0 spiro atoms. The Balaban J connectivity index is 4.31. The van der Waals surface area contributed by atoms with Gasteiger partial charge in [-0.1, -0.05) is 263 Å².